The van der Waals surface area contributed by atoms with E-state index >= 15 is 0 Å². The first-order valence-electron chi connectivity index (χ1n) is 9.93. The van der Waals surface area contributed by atoms with E-state index in [0.29, 0.717) is 24.9 Å². The molecule has 0 amide bonds. The molecule has 0 radical (unpaired) electrons. The van der Waals surface area contributed by atoms with Crippen molar-refractivity contribution < 1.29 is 5.11 Å². The van der Waals surface area contributed by atoms with Crippen molar-refractivity contribution in [2.45, 2.75) is 83.8 Å². The van der Waals surface area contributed by atoms with Gasteiger partial charge in [0, 0.05) is 42.5 Å². The highest BCUT2D eigenvalue weighted by Crippen LogP contribution is 2.42. The lowest BCUT2D eigenvalue weighted by Gasteiger charge is -2.43. The molecule has 146 valence electrons. The first kappa shape index (κ1) is 18.4. The predicted molar refractivity (Wildman–Crippen MR) is 102 cm³/mol. The number of piperidine rings is 1. The van der Waals surface area contributed by atoms with Gasteiger partial charge in [-0.05, 0) is 52.5 Å². The molecule has 27 heavy (non-hydrogen) atoms. The highest BCUT2D eigenvalue weighted by atomic mass is 16.3. The van der Waals surface area contributed by atoms with Gasteiger partial charge < -0.3 is 5.11 Å². The lowest BCUT2D eigenvalue weighted by molar-refractivity contribution is -0.0678. The zero-order valence-corrected chi connectivity index (χ0v) is 16.4. The second kappa shape index (κ2) is 6.87. The number of rotatable bonds is 5. The molecule has 2 aliphatic rings. The Labute approximate surface area is 159 Å². The summed E-state index contributed by atoms with van der Waals surface area (Å²) in [7, 11) is 0. The Morgan fingerprint density at radius 3 is 2.52 bits per heavy atom. The van der Waals surface area contributed by atoms with Crippen LogP contribution in [-0.2, 0) is 19.6 Å². The fraction of sp³-hybridized carbons (Fsp3) is 0.650. The van der Waals surface area contributed by atoms with E-state index in [1.165, 1.54) is 22.0 Å². The maximum atomic E-state index is 12.1. The molecular formula is C20H29N5O2. The van der Waals surface area contributed by atoms with Crippen molar-refractivity contribution in [3.05, 3.63) is 45.6 Å². The lowest BCUT2D eigenvalue weighted by atomic mass is 9.85. The molecule has 3 atom stereocenters. The number of hydrogen-bond acceptors (Lipinski definition) is 5. The van der Waals surface area contributed by atoms with E-state index in [4.69, 9.17) is 0 Å². The van der Waals surface area contributed by atoms with Crippen molar-refractivity contribution in [1.29, 1.82) is 0 Å². The highest BCUT2D eigenvalue weighted by molar-refractivity contribution is 5.17. The zero-order valence-electron chi connectivity index (χ0n) is 16.4. The first-order chi connectivity index (χ1) is 12.9. The van der Waals surface area contributed by atoms with E-state index < -0.39 is 5.60 Å². The SMILES string of the molecule is CCn1ncc(CN2[C@@H]3CC[C@H]2CC(O)(Cn2nc(C)ccc2=O)C3)c1C. The Morgan fingerprint density at radius 1 is 1.19 bits per heavy atom. The molecule has 2 aromatic heterocycles. The molecule has 0 saturated carbocycles. The van der Waals surface area contributed by atoms with Crippen LogP contribution in [0.3, 0.4) is 0 Å². The summed E-state index contributed by atoms with van der Waals surface area (Å²) >= 11 is 0. The number of aryl methyl sites for hydroxylation is 2. The van der Waals surface area contributed by atoms with Crippen LogP contribution in [0.2, 0.25) is 0 Å². The molecule has 2 saturated heterocycles. The third kappa shape index (κ3) is 3.46. The summed E-state index contributed by atoms with van der Waals surface area (Å²) in [5.74, 6) is 0. The minimum absolute atomic E-state index is 0.147. The number of fused-ring (bicyclic) bond motifs is 2. The Morgan fingerprint density at radius 2 is 1.89 bits per heavy atom. The van der Waals surface area contributed by atoms with Gasteiger partial charge in [-0.2, -0.15) is 10.2 Å². The van der Waals surface area contributed by atoms with Crippen LogP contribution in [0.1, 0.15) is 49.6 Å². The average Bonchev–Trinajstić information content (AvgIpc) is 3.09. The van der Waals surface area contributed by atoms with E-state index in [0.717, 1.165) is 31.6 Å². The van der Waals surface area contributed by atoms with Gasteiger partial charge in [-0.15, -0.1) is 0 Å². The summed E-state index contributed by atoms with van der Waals surface area (Å²) in [6.07, 6.45) is 5.56. The highest BCUT2D eigenvalue weighted by Gasteiger charge is 2.47. The van der Waals surface area contributed by atoms with Crippen molar-refractivity contribution in [1.82, 2.24) is 24.5 Å². The van der Waals surface area contributed by atoms with Crippen molar-refractivity contribution in [2.75, 3.05) is 0 Å². The van der Waals surface area contributed by atoms with Gasteiger partial charge in [-0.25, -0.2) is 4.68 Å². The maximum absolute atomic E-state index is 12.1. The summed E-state index contributed by atoms with van der Waals surface area (Å²) in [6.45, 7) is 8.16. The van der Waals surface area contributed by atoms with E-state index in [9.17, 15) is 9.90 Å². The van der Waals surface area contributed by atoms with Gasteiger partial charge in [0.05, 0.1) is 24.0 Å². The molecule has 2 bridgehead atoms. The van der Waals surface area contributed by atoms with E-state index in [-0.39, 0.29) is 12.1 Å². The van der Waals surface area contributed by atoms with Crippen LogP contribution >= 0.6 is 0 Å². The normalized spacial score (nSPS) is 28.0. The van der Waals surface area contributed by atoms with Gasteiger partial charge in [0.25, 0.3) is 5.56 Å². The average molecular weight is 371 g/mol. The summed E-state index contributed by atoms with van der Waals surface area (Å²) in [4.78, 5) is 14.6. The molecule has 1 N–H and O–H groups in total. The van der Waals surface area contributed by atoms with Crippen LogP contribution in [0.5, 0.6) is 0 Å². The molecule has 4 rings (SSSR count). The summed E-state index contributed by atoms with van der Waals surface area (Å²) in [5, 5.41) is 20.0. The second-order valence-electron chi connectivity index (χ2n) is 8.23. The minimum atomic E-state index is -0.865. The van der Waals surface area contributed by atoms with Gasteiger partial charge in [0.1, 0.15) is 0 Å². The number of aliphatic hydroxyl groups is 1. The fourth-order valence-corrected chi connectivity index (χ4v) is 4.90. The predicted octanol–water partition coefficient (Wildman–Crippen LogP) is 1.63. The van der Waals surface area contributed by atoms with Crippen molar-refractivity contribution in [3.8, 4) is 0 Å². The molecular weight excluding hydrogens is 342 g/mol. The topological polar surface area (TPSA) is 76.2 Å². The standard InChI is InChI=1S/C20H29N5O2/c1-4-24-15(3)16(11-21-24)12-23-17-6-7-18(23)10-20(27,9-17)13-25-19(26)8-5-14(2)22-25/h5,8,11,17-18,27H,4,6-7,9-10,12-13H2,1-3H3/t17-,18+,20?. The van der Waals surface area contributed by atoms with Crippen molar-refractivity contribution in [3.63, 3.8) is 0 Å². The molecule has 7 nitrogen and oxygen atoms in total. The minimum Gasteiger partial charge on any atom is -0.388 e. The number of hydrogen-bond donors (Lipinski definition) is 1. The fourth-order valence-electron chi connectivity index (χ4n) is 4.90. The van der Waals surface area contributed by atoms with Crippen LogP contribution in [0.4, 0.5) is 0 Å². The van der Waals surface area contributed by atoms with Crippen LogP contribution < -0.4 is 5.56 Å². The second-order valence-corrected chi connectivity index (χ2v) is 8.23. The number of aromatic nitrogens is 4. The van der Waals surface area contributed by atoms with Gasteiger partial charge >= 0.3 is 0 Å². The number of nitrogens with zero attached hydrogens (tertiary/aromatic N) is 5. The van der Waals surface area contributed by atoms with E-state index in [2.05, 4.69) is 28.9 Å². The molecule has 0 spiro atoms. The monoisotopic (exact) mass is 371 g/mol. The molecule has 0 aromatic carbocycles. The van der Waals surface area contributed by atoms with Crippen LogP contribution in [0, 0.1) is 13.8 Å². The smallest absolute Gasteiger partial charge is 0.266 e. The summed E-state index contributed by atoms with van der Waals surface area (Å²) in [6, 6.07) is 3.94. The molecule has 1 unspecified atom stereocenters. The molecule has 7 heteroatoms. The van der Waals surface area contributed by atoms with Crippen LogP contribution in [0.25, 0.3) is 0 Å². The van der Waals surface area contributed by atoms with Crippen molar-refractivity contribution >= 4 is 0 Å². The van der Waals surface area contributed by atoms with Crippen molar-refractivity contribution in [2.24, 2.45) is 0 Å². The quantitative estimate of drug-likeness (QED) is 0.865. The molecule has 0 aliphatic carbocycles. The third-order valence-electron chi connectivity index (χ3n) is 6.30. The van der Waals surface area contributed by atoms with Gasteiger partial charge in [-0.1, -0.05) is 0 Å². The Hall–Kier alpha value is -1.99. The van der Waals surface area contributed by atoms with Gasteiger partial charge in [0.15, 0.2) is 0 Å². The van der Waals surface area contributed by atoms with E-state index in [1.807, 2.05) is 17.8 Å². The Kier molecular flexibility index (Phi) is 4.68. The van der Waals surface area contributed by atoms with Crippen LogP contribution in [-0.4, -0.2) is 47.3 Å². The molecule has 2 aromatic rings. The maximum Gasteiger partial charge on any atom is 0.266 e. The molecule has 2 aliphatic heterocycles. The summed E-state index contributed by atoms with van der Waals surface area (Å²) in [5.41, 5.74) is 2.28. The Bertz CT molecular complexity index is 873. The third-order valence-corrected chi connectivity index (χ3v) is 6.30. The summed E-state index contributed by atoms with van der Waals surface area (Å²) < 4.78 is 3.47. The van der Waals surface area contributed by atoms with Crippen LogP contribution in [0.15, 0.2) is 23.1 Å². The van der Waals surface area contributed by atoms with E-state index in [1.54, 1.807) is 6.07 Å². The first-order valence-corrected chi connectivity index (χ1v) is 9.93. The zero-order chi connectivity index (χ0) is 19.2. The molecule has 4 heterocycles. The largest absolute Gasteiger partial charge is 0.388 e. The van der Waals surface area contributed by atoms with Gasteiger partial charge in [0.2, 0.25) is 0 Å². The Balaban J connectivity index is 1.50. The lowest BCUT2D eigenvalue weighted by Crippen LogP contribution is -2.53. The molecule has 2 fully saturated rings. The van der Waals surface area contributed by atoms with Gasteiger partial charge in [-0.3, -0.25) is 14.4 Å².